The molecule has 8 aromatic rings. The van der Waals surface area contributed by atoms with Crippen LogP contribution in [0.5, 0.6) is 11.5 Å². The molecule has 2 nitrogen and oxygen atoms in total. The second kappa shape index (κ2) is 7.56. The highest BCUT2D eigenvalue weighted by atomic mass is 16.3. The van der Waals surface area contributed by atoms with Crippen molar-refractivity contribution in [3.63, 3.8) is 0 Å². The molecule has 0 aromatic heterocycles. The molecule has 41 heavy (non-hydrogen) atoms. The molecule has 0 saturated heterocycles. The predicted molar refractivity (Wildman–Crippen MR) is 172 cm³/mol. The van der Waals surface area contributed by atoms with E-state index >= 15 is 0 Å². The van der Waals surface area contributed by atoms with Crippen molar-refractivity contribution in [2.75, 3.05) is 0 Å². The third-order valence-corrected chi connectivity index (χ3v) is 9.55. The maximum atomic E-state index is 10.4. The third-order valence-electron chi connectivity index (χ3n) is 9.55. The van der Waals surface area contributed by atoms with Gasteiger partial charge >= 0.3 is 0 Å². The van der Waals surface area contributed by atoms with Gasteiger partial charge in [0.1, 0.15) is 11.5 Å². The molecule has 1 aliphatic carbocycles. The quantitative estimate of drug-likeness (QED) is 0.193. The van der Waals surface area contributed by atoms with Crippen molar-refractivity contribution >= 4 is 64.6 Å². The first kappa shape index (κ1) is 22.7. The second-order valence-electron chi connectivity index (χ2n) is 12.1. The van der Waals surface area contributed by atoms with Gasteiger partial charge in [-0.25, -0.2) is 0 Å². The highest BCUT2D eigenvalue weighted by molar-refractivity contribution is 6.28. The SMILES string of the molecule is CC1(C)c2cc3c4ccc(O)cc4c4ccccc4c3cc2-c2cc3c4ccccc4c4cc(O)ccc4c3cc21. The van der Waals surface area contributed by atoms with Gasteiger partial charge in [0.2, 0.25) is 0 Å². The van der Waals surface area contributed by atoms with E-state index in [-0.39, 0.29) is 16.9 Å². The lowest BCUT2D eigenvalue weighted by atomic mass is 9.80. The Bertz CT molecular complexity index is 2290. The standard InChI is InChI=1S/C39H26O2/c1-39(2)37-19-33-27-13-11-21(40)15-29(27)23-7-3-5-9-25(23)31(33)17-35(37)36-18-32-26-10-6-4-8-24(26)30-16-22(41)12-14-28(30)34(32)20-38(36)39/h3-20,40-41H,1-2H3. The topological polar surface area (TPSA) is 40.5 Å². The summed E-state index contributed by atoms with van der Waals surface area (Å²) >= 11 is 0. The van der Waals surface area contributed by atoms with Gasteiger partial charge in [-0.05, 0) is 135 Å². The Kier molecular flexibility index (Phi) is 4.18. The third kappa shape index (κ3) is 2.87. The van der Waals surface area contributed by atoms with E-state index in [1.165, 1.54) is 54.6 Å². The van der Waals surface area contributed by atoms with E-state index in [0.29, 0.717) is 0 Å². The van der Waals surface area contributed by atoms with Crippen molar-refractivity contribution in [1.82, 2.24) is 0 Å². The molecule has 0 aliphatic heterocycles. The minimum Gasteiger partial charge on any atom is -0.508 e. The Labute approximate surface area is 236 Å². The summed E-state index contributed by atoms with van der Waals surface area (Å²) in [4.78, 5) is 0. The predicted octanol–water partition coefficient (Wildman–Crippen LogP) is 10.3. The van der Waals surface area contributed by atoms with Crippen molar-refractivity contribution in [3.8, 4) is 22.6 Å². The lowest BCUT2D eigenvalue weighted by molar-refractivity contribution is 0.475. The van der Waals surface area contributed by atoms with Crippen LogP contribution in [-0.4, -0.2) is 10.2 Å². The molecular formula is C39H26O2. The Hall–Kier alpha value is -5.08. The first-order chi connectivity index (χ1) is 19.9. The summed E-state index contributed by atoms with van der Waals surface area (Å²) in [6.07, 6.45) is 0. The lowest BCUT2D eigenvalue weighted by Crippen LogP contribution is -2.15. The maximum Gasteiger partial charge on any atom is 0.116 e. The molecule has 0 saturated carbocycles. The number of rotatable bonds is 0. The van der Waals surface area contributed by atoms with Gasteiger partial charge in [-0.15, -0.1) is 0 Å². The molecule has 2 heteroatoms. The van der Waals surface area contributed by atoms with Crippen molar-refractivity contribution in [1.29, 1.82) is 0 Å². The van der Waals surface area contributed by atoms with Crippen LogP contribution < -0.4 is 0 Å². The van der Waals surface area contributed by atoms with E-state index in [1.54, 1.807) is 12.1 Å². The molecule has 8 aromatic carbocycles. The summed E-state index contributed by atoms with van der Waals surface area (Å²) in [5.74, 6) is 0.575. The number of benzene rings is 8. The van der Waals surface area contributed by atoms with Crippen LogP contribution in [0.3, 0.4) is 0 Å². The molecule has 1 aliphatic rings. The summed E-state index contributed by atoms with van der Waals surface area (Å²) in [6.45, 7) is 4.67. The van der Waals surface area contributed by atoms with Gasteiger partial charge in [-0.2, -0.15) is 0 Å². The van der Waals surface area contributed by atoms with E-state index in [4.69, 9.17) is 0 Å². The molecule has 0 amide bonds. The van der Waals surface area contributed by atoms with Gasteiger partial charge in [-0.3, -0.25) is 0 Å². The number of phenols is 2. The van der Waals surface area contributed by atoms with Crippen molar-refractivity contribution in [3.05, 3.63) is 120 Å². The van der Waals surface area contributed by atoms with Crippen LogP contribution >= 0.6 is 0 Å². The van der Waals surface area contributed by atoms with E-state index in [0.717, 1.165) is 32.3 Å². The fourth-order valence-corrected chi connectivity index (χ4v) is 7.60. The van der Waals surface area contributed by atoms with E-state index in [9.17, 15) is 10.2 Å². The minimum atomic E-state index is -0.198. The maximum absolute atomic E-state index is 10.4. The smallest absolute Gasteiger partial charge is 0.116 e. The van der Waals surface area contributed by atoms with Crippen LogP contribution in [-0.2, 0) is 5.41 Å². The van der Waals surface area contributed by atoms with Crippen LogP contribution in [0.15, 0.2) is 109 Å². The number of hydrogen-bond acceptors (Lipinski definition) is 2. The molecule has 2 N–H and O–H groups in total. The van der Waals surface area contributed by atoms with Crippen LogP contribution in [0.2, 0.25) is 0 Å². The summed E-state index contributed by atoms with van der Waals surface area (Å²) in [6, 6.07) is 38.2. The highest BCUT2D eigenvalue weighted by Crippen LogP contribution is 2.53. The largest absolute Gasteiger partial charge is 0.508 e. The fourth-order valence-electron chi connectivity index (χ4n) is 7.60. The van der Waals surface area contributed by atoms with Crippen molar-refractivity contribution in [2.45, 2.75) is 19.3 Å². The first-order valence-corrected chi connectivity index (χ1v) is 14.1. The molecule has 0 bridgehead atoms. The molecule has 0 unspecified atom stereocenters. The van der Waals surface area contributed by atoms with Gasteiger partial charge in [0.15, 0.2) is 0 Å². The number of fused-ring (bicyclic) bond motifs is 15. The Morgan fingerprint density at radius 2 is 0.683 bits per heavy atom. The average Bonchev–Trinajstić information content (AvgIpc) is 3.20. The van der Waals surface area contributed by atoms with E-state index < -0.39 is 0 Å². The van der Waals surface area contributed by atoms with Crippen molar-refractivity contribution < 1.29 is 10.2 Å². The van der Waals surface area contributed by atoms with Crippen LogP contribution in [0.4, 0.5) is 0 Å². The van der Waals surface area contributed by atoms with Crippen molar-refractivity contribution in [2.24, 2.45) is 0 Å². The number of hydrogen-bond donors (Lipinski definition) is 2. The summed E-state index contributed by atoms with van der Waals surface area (Å²) in [5.41, 5.74) is 5.03. The zero-order chi connectivity index (χ0) is 27.6. The second-order valence-corrected chi connectivity index (χ2v) is 12.1. The molecule has 0 fully saturated rings. The molecular weight excluding hydrogens is 500 g/mol. The van der Waals surface area contributed by atoms with Crippen LogP contribution in [0.25, 0.3) is 75.8 Å². The van der Waals surface area contributed by atoms with Crippen LogP contribution in [0, 0.1) is 0 Å². The molecule has 9 rings (SSSR count). The molecule has 0 atom stereocenters. The van der Waals surface area contributed by atoms with Gasteiger partial charge < -0.3 is 10.2 Å². The molecule has 194 valence electrons. The minimum absolute atomic E-state index is 0.198. The van der Waals surface area contributed by atoms with E-state index in [2.05, 4.69) is 98.8 Å². The van der Waals surface area contributed by atoms with Gasteiger partial charge in [-0.1, -0.05) is 74.5 Å². The van der Waals surface area contributed by atoms with Gasteiger partial charge in [0, 0.05) is 5.41 Å². The Balaban J connectivity index is 1.45. The van der Waals surface area contributed by atoms with Gasteiger partial charge in [0.05, 0.1) is 0 Å². The van der Waals surface area contributed by atoms with E-state index in [1.807, 2.05) is 12.1 Å². The normalized spacial score (nSPS) is 14.0. The number of aromatic hydroxyl groups is 2. The lowest BCUT2D eigenvalue weighted by Gasteiger charge is -2.23. The Morgan fingerprint density at radius 1 is 0.366 bits per heavy atom. The van der Waals surface area contributed by atoms with Gasteiger partial charge in [0.25, 0.3) is 0 Å². The summed E-state index contributed by atoms with van der Waals surface area (Å²) in [5, 5.41) is 34.8. The molecule has 0 spiro atoms. The fraction of sp³-hybridized carbons (Fsp3) is 0.0769. The first-order valence-electron chi connectivity index (χ1n) is 14.1. The van der Waals surface area contributed by atoms with Crippen LogP contribution in [0.1, 0.15) is 25.0 Å². The zero-order valence-electron chi connectivity index (χ0n) is 22.8. The molecule has 0 radical (unpaired) electrons. The zero-order valence-corrected chi connectivity index (χ0v) is 22.8. The monoisotopic (exact) mass is 526 g/mol. The highest BCUT2D eigenvalue weighted by Gasteiger charge is 2.36. The average molecular weight is 527 g/mol. The number of phenolic OH excluding ortho intramolecular Hbond substituents is 2. The Morgan fingerprint density at radius 3 is 1.07 bits per heavy atom. The summed E-state index contributed by atoms with van der Waals surface area (Å²) in [7, 11) is 0. The molecule has 0 heterocycles. The summed E-state index contributed by atoms with van der Waals surface area (Å²) < 4.78 is 0.